The van der Waals surface area contributed by atoms with E-state index in [4.69, 9.17) is 0 Å². The van der Waals surface area contributed by atoms with Crippen molar-refractivity contribution in [3.8, 4) is 0 Å². The molecule has 4 heteroatoms. The van der Waals surface area contributed by atoms with Crippen LogP contribution in [-0.4, -0.2) is 16.8 Å². The molecule has 1 heterocycles. The molecule has 0 radical (unpaired) electrons. The summed E-state index contributed by atoms with van der Waals surface area (Å²) >= 11 is 3.67. The van der Waals surface area contributed by atoms with Crippen molar-refractivity contribution in [3.63, 3.8) is 0 Å². The molecule has 2 atom stereocenters. The van der Waals surface area contributed by atoms with Crippen molar-refractivity contribution >= 4 is 23.1 Å². The highest BCUT2D eigenvalue weighted by atomic mass is 32.2. The molecular formula is C15H18N2S2. The van der Waals surface area contributed by atoms with Crippen LogP contribution >= 0.6 is 23.1 Å². The maximum atomic E-state index is 4.41. The SMILES string of the molecule is CCNC1c2ccccc2CCC1Sc1nccs1. The lowest BCUT2D eigenvalue weighted by Crippen LogP contribution is -2.34. The van der Waals surface area contributed by atoms with Crippen LogP contribution in [0.25, 0.3) is 0 Å². The standard InChI is InChI=1S/C15H18N2S2/c1-2-16-14-12-6-4-3-5-11(12)7-8-13(14)19-15-17-9-10-18-15/h3-6,9-10,13-14,16H,2,7-8H2,1H3. The summed E-state index contributed by atoms with van der Waals surface area (Å²) in [6.45, 7) is 3.19. The number of fused-ring (bicyclic) bond motifs is 1. The van der Waals surface area contributed by atoms with Gasteiger partial charge in [0.2, 0.25) is 0 Å². The lowest BCUT2D eigenvalue weighted by molar-refractivity contribution is 0.484. The quantitative estimate of drug-likeness (QED) is 0.924. The maximum Gasteiger partial charge on any atom is 0.150 e. The van der Waals surface area contributed by atoms with Gasteiger partial charge in [-0.2, -0.15) is 0 Å². The van der Waals surface area contributed by atoms with Gasteiger partial charge in [-0.25, -0.2) is 4.98 Å². The molecule has 1 aliphatic carbocycles. The normalized spacial score (nSPS) is 22.2. The number of nitrogens with zero attached hydrogens (tertiary/aromatic N) is 1. The third kappa shape index (κ3) is 2.86. The Labute approximate surface area is 122 Å². The van der Waals surface area contributed by atoms with Crippen molar-refractivity contribution in [2.75, 3.05) is 6.54 Å². The van der Waals surface area contributed by atoms with Crippen LogP contribution in [0.1, 0.15) is 30.5 Å². The second-order valence-electron chi connectivity index (χ2n) is 4.73. The fourth-order valence-corrected chi connectivity index (χ4v) is 4.83. The number of rotatable bonds is 4. The van der Waals surface area contributed by atoms with E-state index >= 15 is 0 Å². The van der Waals surface area contributed by atoms with E-state index in [9.17, 15) is 0 Å². The van der Waals surface area contributed by atoms with Crippen LogP contribution in [-0.2, 0) is 6.42 Å². The van der Waals surface area contributed by atoms with Gasteiger partial charge in [0, 0.05) is 22.9 Å². The molecule has 1 aromatic carbocycles. The molecule has 2 nitrogen and oxygen atoms in total. The molecule has 1 aromatic heterocycles. The Morgan fingerprint density at radius 1 is 1.42 bits per heavy atom. The predicted molar refractivity (Wildman–Crippen MR) is 82.9 cm³/mol. The number of benzene rings is 1. The minimum Gasteiger partial charge on any atom is -0.309 e. The summed E-state index contributed by atoms with van der Waals surface area (Å²) in [5.41, 5.74) is 2.98. The minimum atomic E-state index is 0.448. The van der Waals surface area contributed by atoms with Crippen LogP contribution in [0.3, 0.4) is 0 Å². The second-order valence-corrected chi connectivity index (χ2v) is 7.11. The van der Waals surface area contributed by atoms with Crippen molar-refractivity contribution < 1.29 is 0 Å². The molecule has 2 unspecified atom stereocenters. The molecule has 0 fully saturated rings. The van der Waals surface area contributed by atoms with E-state index in [1.165, 1.54) is 28.3 Å². The molecule has 0 bridgehead atoms. The number of aromatic nitrogens is 1. The van der Waals surface area contributed by atoms with Crippen molar-refractivity contribution in [1.82, 2.24) is 10.3 Å². The number of nitrogens with one attached hydrogen (secondary N) is 1. The van der Waals surface area contributed by atoms with Gasteiger partial charge in [-0.1, -0.05) is 43.0 Å². The average Bonchev–Trinajstić information content (AvgIpc) is 2.94. The van der Waals surface area contributed by atoms with Crippen molar-refractivity contribution in [3.05, 3.63) is 47.0 Å². The van der Waals surface area contributed by atoms with Crippen LogP contribution in [0, 0.1) is 0 Å². The molecule has 0 saturated heterocycles. The summed E-state index contributed by atoms with van der Waals surface area (Å²) in [4.78, 5) is 4.41. The monoisotopic (exact) mass is 290 g/mol. The van der Waals surface area contributed by atoms with Gasteiger partial charge in [0.15, 0.2) is 0 Å². The van der Waals surface area contributed by atoms with Crippen LogP contribution < -0.4 is 5.32 Å². The Balaban J connectivity index is 1.85. The largest absolute Gasteiger partial charge is 0.309 e. The zero-order chi connectivity index (χ0) is 13.1. The number of hydrogen-bond donors (Lipinski definition) is 1. The van der Waals surface area contributed by atoms with Gasteiger partial charge in [-0.3, -0.25) is 0 Å². The van der Waals surface area contributed by atoms with Gasteiger partial charge >= 0.3 is 0 Å². The molecule has 0 aliphatic heterocycles. The number of thiazole rings is 1. The Bertz CT molecular complexity index is 525. The molecule has 3 rings (SSSR count). The van der Waals surface area contributed by atoms with E-state index in [1.807, 2.05) is 18.0 Å². The van der Waals surface area contributed by atoms with Crippen molar-refractivity contribution in [2.24, 2.45) is 0 Å². The molecule has 0 spiro atoms. The molecular weight excluding hydrogens is 272 g/mol. The van der Waals surface area contributed by atoms with Gasteiger partial charge < -0.3 is 5.32 Å². The topological polar surface area (TPSA) is 24.9 Å². The highest BCUT2D eigenvalue weighted by Gasteiger charge is 2.29. The maximum absolute atomic E-state index is 4.41. The fraction of sp³-hybridized carbons (Fsp3) is 0.400. The van der Waals surface area contributed by atoms with Gasteiger partial charge in [0.1, 0.15) is 4.34 Å². The molecule has 2 aromatic rings. The predicted octanol–water partition coefficient (Wildman–Crippen LogP) is 3.90. The summed E-state index contributed by atoms with van der Waals surface area (Å²) in [6.07, 6.45) is 4.30. The summed E-state index contributed by atoms with van der Waals surface area (Å²) in [5.74, 6) is 0. The number of aryl methyl sites for hydroxylation is 1. The zero-order valence-corrected chi connectivity index (χ0v) is 12.6. The Kier molecular flexibility index (Phi) is 4.21. The second kappa shape index (κ2) is 6.07. The smallest absolute Gasteiger partial charge is 0.150 e. The third-order valence-corrected chi connectivity index (χ3v) is 5.81. The third-order valence-electron chi connectivity index (χ3n) is 3.55. The van der Waals surface area contributed by atoms with E-state index in [-0.39, 0.29) is 0 Å². The van der Waals surface area contributed by atoms with Gasteiger partial charge in [-0.05, 0) is 30.5 Å². The van der Waals surface area contributed by atoms with Gasteiger partial charge in [-0.15, -0.1) is 11.3 Å². The first kappa shape index (κ1) is 13.2. The highest BCUT2D eigenvalue weighted by Crippen LogP contribution is 2.40. The molecule has 19 heavy (non-hydrogen) atoms. The first-order chi connectivity index (χ1) is 9.38. The Hall–Kier alpha value is -0.840. The number of hydrogen-bond acceptors (Lipinski definition) is 4. The summed E-state index contributed by atoms with van der Waals surface area (Å²) in [7, 11) is 0. The summed E-state index contributed by atoms with van der Waals surface area (Å²) in [5, 5.41) is 6.30. The molecule has 0 saturated carbocycles. The van der Waals surface area contributed by atoms with Crippen molar-refractivity contribution in [2.45, 2.75) is 35.4 Å². The molecule has 0 amide bonds. The first-order valence-corrected chi connectivity index (χ1v) is 8.51. The zero-order valence-electron chi connectivity index (χ0n) is 11.0. The van der Waals surface area contributed by atoms with E-state index in [0.29, 0.717) is 11.3 Å². The lowest BCUT2D eigenvalue weighted by atomic mass is 9.87. The van der Waals surface area contributed by atoms with E-state index < -0.39 is 0 Å². The Morgan fingerprint density at radius 2 is 2.32 bits per heavy atom. The van der Waals surface area contributed by atoms with E-state index in [1.54, 1.807) is 11.3 Å². The van der Waals surface area contributed by atoms with Gasteiger partial charge in [0.25, 0.3) is 0 Å². The summed E-state index contributed by atoms with van der Waals surface area (Å²) in [6, 6.07) is 9.29. The molecule has 1 N–H and O–H groups in total. The van der Waals surface area contributed by atoms with E-state index in [0.717, 1.165) is 6.54 Å². The van der Waals surface area contributed by atoms with Crippen LogP contribution in [0.2, 0.25) is 0 Å². The van der Waals surface area contributed by atoms with Crippen molar-refractivity contribution in [1.29, 1.82) is 0 Å². The van der Waals surface area contributed by atoms with Crippen LogP contribution in [0.15, 0.2) is 40.2 Å². The Morgan fingerprint density at radius 3 is 3.11 bits per heavy atom. The summed E-state index contributed by atoms with van der Waals surface area (Å²) < 4.78 is 1.19. The average molecular weight is 290 g/mol. The van der Waals surface area contributed by atoms with Crippen LogP contribution in [0.5, 0.6) is 0 Å². The molecule has 1 aliphatic rings. The first-order valence-electron chi connectivity index (χ1n) is 6.76. The van der Waals surface area contributed by atoms with Crippen LogP contribution in [0.4, 0.5) is 0 Å². The fourth-order valence-electron chi connectivity index (χ4n) is 2.72. The lowest BCUT2D eigenvalue weighted by Gasteiger charge is -2.33. The van der Waals surface area contributed by atoms with E-state index in [2.05, 4.69) is 46.9 Å². The van der Waals surface area contributed by atoms with Gasteiger partial charge in [0.05, 0.1) is 0 Å². The molecule has 100 valence electrons. The number of thioether (sulfide) groups is 1. The minimum absolute atomic E-state index is 0.448. The highest BCUT2D eigenvalue weighted by molar-refractivity contribution is 8.01.